The Morgan fingerprint density at radius 3 is 1.78 bits per heavy atom. The minimum atomic E-state index is -3.11. The number of benzene rings is 5. The van der Waals surface area contributed by atoms with E-state index in [1.165, 1.54) is 0 Å². The maximum absolute atomic E-state index is 15.1. The third kappa shape index (κ3) is 2.88. The van der Waals surface area contributed by atoms with Crippen LogP contribution in [0.25, 0.3) is 32.6 Å². The largest absolute Gasteiger partial charge is 0.309 e. The number of rotatable bonds is 3. The molecule has 0 amide bonds. The predicted octanol–water partition coefficient (Wildman–Crippen LogP) is 6.18. The first-order valence-electron chi connectivity index (χ1n) is 10.7. The molecule has 0 saturated heterocycles. The number of hydrogen-bond donors (Lipinski definition) is 0. The van der Waals surface area contributed by atoms with Crippen molar-refractivity contribution in [3.8, 4) is 0 Å². The molecule has 152 valence electrons. The van der Waals surface area contributed by atoms with Crippen LogP contribution in [0.2, 0.25) is 0 Å². The zero-order valence-corrected chi connectivity index (χ0v) is 18.2. The highest BCUT2D eigenvalue weighted by atomic mass is 31.2. The maximum atomic E-state index is 15.1. The molecule has 0 aliphatic rings. The van der Waals surface area contributed by atoms with Crippen LogP contribution in [0.4, 0.5) is 0 Å². The molecule has 2 nitrogen and oxygen atoms in total. The average Bonchev–Trinajstić information content (AvgIpc) is 2.87. The molecule has 0 aliphatic carbocycles. The van der Waals surface area contributed by atoms with Gasteiger partial charge in [-0.25, -0.2) is 4.98 Å². The van der Waals surface area contributed by atoms with Crippen LogP contribution in [0.1, 0.15) is 0 Å². The number of nitrogens with zero attached hydrogens (tertiary/aromatic N) is 1. The van der Waals surface area contributed by atoms with Gasteiger partial charge in [0.15, 0.2) is 7.14 Å². The van der Waals surface area contributed by atoms with Gasteiger partial charge in [-0.15, -0.1) is 0 Å². The molecule has 5 aromatic carbocycles. The first kappa shape index (κ1) is 19.0. The molecular weight excluding hydrogens is 409 g/mol. The maximum Gasteiger partial charge on any atom is 0.171 e. The summed E-state index contributed by atoms with van der Waals surface area (Å²) in [6.45, 7) is 0. The summed E-state index contributed by atoms with van der Waals surface area (Å²) < 4.78 is 15.1. The fourth-order valence-corrected chi connectivity index (χ4v) is 7.45. The summed E-state index contributed by atoms with van der Waals surface area (Å²) in [5.41, 5.74) is 1.91. The molecule has 0 saturated carbocycles. The minimum Gasteiger partial charge on any atom is -0.309 e. The first-order valence-corrected chi connectivity index (χ1v) is 12.4. The number of aromatic nitrogens is 1. The van der Waals surface area contributed by atoms with E-state index >= 15 is 4.57 Å². The lowest BCUT2D eigenvalue weighted by Gasteiger charge is -2.22. The van der Waals surface area contributed by atoms with E-state index < -0.39 is 7.14 Å². The Kier molecular flexibility index (Phi) is 4.41. The van der Waals surface area contributed by atoms with Gasteiger partial charge in [0.2, 0.25) is 0 Å². The smallest absolute Gasteiger partial charge is 0.171 e. The van der Waals surface area contributed by atoms with Crippen LogP contribution in [0.3, 0.4) is 0 Å². The molecular formula is C29H20NOP. The Labute approximate surface area is 186 Å². The SMILES string of the molecule is O=P(c1ccccc1)(c1ccccc1)c1cc2cc3ccccc3nc2c2ccccc12. The van der Waals surface area contributed by atoms with Crippen LogP contribution in [0.15, 0.2) is 121 Å². The summed E-state index contributed by atoms with van der Waals surface area (Å²) in [7, 11) is -3.11. The van der Waals surface area contributed by atoms with Gasteiger partial charge in [-0.3, -0.25) is 0 Å². The number of para-hydroxylation sites is 1. The highest BCUT2D eigenvalue weighted by molar-refractivity contribution is 7.85. The van der Waals surface area contributed by atoms with Gasteiger partial charge >= 0.3 is 0 Å². The lowest BCUT2D eigenvalue weighted by molar-refractivity contribution is 0.592. The Hall–Kier alpha value is -3.74. The Morgan fingerprint density at radius 1 is 0.531 bits per heavy atom. The first-order chi connectivity index (χ1) is 15.7. The van der Waals surface area contributed by atoms with Crippen LogP contribution in [-0.2, 0) is 4.57 Å². The van der Waals surface area contributed by atoms with Gasteiger partial charge in [0.1, 0.15) is 0 Å². The lowest BCUT2D eigenvalue weighted by atomic mass is 10.0. The van der Waals surface area contributed by atoms with E-state index in [2.05, 4.69) is 30.3 Å². The molecule has 0 radical (unpaired) electrons. The number of pyridine rings is 1. The molecule has 0 unspecified atom stereocenters. The van der Waals surface area contributed by atoms with Crippen molar-refractivity contribution < 1.29 is 4.57 Å². The standard InChI is InChI=1S/C29H20NOP/c31-32(23-12-3-1-4-13-23,24-14-5-2-6-15-24)28-20-22-19-21-11-7-10-18-27(21)30-29(22)26-17-9-8-16-25(26)28/h1-20H. The van der Waals surface area contributed by atoms with Crippen LogP contribution >= 0.6 is 7.14 Å². The van der Waals surface area contributed by atoms with Crippen LogP contribution in [0, 0.1) is 0 Å². The van der Waals surface area contributed by atoms with Crippen molar-refractivity contribution in [2.24, 2.45) is 0 Å². The number of hydrogen-bond acceptors (Lipinski definition) is 2. The van der Waals surface area contributed by atoms with Gasteiger partial charge in [0, 0.05) is 32.1 Å². The molecule has 32 heavy (non-hydrogen) atoms. The minimum absolute atomic E-state index is 0.837. The van der Waals surface area contributed by atoms with E-state index in [0.717, 1.165) is 48.5 Å². The van der Waals surface area contributed by atoms with Crippen molar-refractivity contribution in [3.05, 3.63) is 121 Å². The second-order valence-corrected chi connectivity index (χ2v) is 10.7. The zero-order chi connectivity index (χ0) is 21.5. The van der Waals surface area contributed by atoms with E-state index in [1.807, 2.05) is 91.0 Å². The van der Waals surface area contributed by atoms with Gasteiger partial charge in [-0.1, -0.05) is 103 Å². The summed E-state index contributed by atoms with van der Waals surface area (Å²) >= 11 is 0. The Bertz CT molecular complexity index is 1600. The van der Waals surface area contributed by atoms with E-state index in [1.54, 1.807) is 0 Å². The quantitative estimate of drug-likeness (QED) is 0.191. The van der Waals surface area contributed by atoms with Crippen LogP contribution in [-0.4, -0.2) is 4.98 Å². The van der Waals surface area contributed by atoms with Gasteiger partial charge in [-0.2, -0.15) is 0 Å². The van der Waals surface area contributed by atoms with E-state index in [9.17, 15) is 0 Å². The summed E-state index contributed by atoms with van der Waals surface area (Å²) in [6.07, 6.45) is 0. The van der Waals surface area contributed by atoms with Crippen LogP contribution in [0.5, 0.6) is 0 Å². The third-order valence-corrected chi connectivity index (χ3v) is 9.18. The molecule has 6 rings (SSSR count). The fraction of sp³-hybridized carbons (Fsp3) is 0. The van der Waals surface area contributed by atoms with Gasteiger partial charge in [0.25, 0.3) is 0 Å². The highest BCUT2D eigenvalue weighted by Crippen LogP contribution is 2.45. The molecule has 0 aliphatic heterocycles. The van der Waals surface area contributed by atoms with E-state index in [-0.39, 0.29) is 0 Å². The fourth-order valence-electron chi connectivity index (χ4n) is 4.56. The molecule has 6 aromatic rings. The van der Waals surface area contributed by atoms with Crippen molar-refractivity contribution in [3.63, 3.8) is 0 Å². The lowest BCUT2D eigenvalue weighted by Crippen LogP contribution is -2.25. The molecule has 3 heteroatoms. The molecule has 0 spiro atoms. The molecule has 0 N–H and O–H groups in total. The van der Waals surface area contributed by atoms with E-state index in [4.69, 9.17) is 4.98 Å². The summed E-state index contributed by atoms with van der Waals surface area (Å²) in [4.78, 5) is 4.98. The topological polar surface area (TPSA) is 30.0 Å². The summed E-state index contributed by atoms with van der Waals surface area (Å²) in [6, 6.07) is 40.3. The summed E-state index contributed by atoms with van der Waals surface area (Å²) in [5.74, 6) is 0. The molecule has 0 atom stereocenters. The third-order valence-electron chi connectivity index (χ3n) is 6.08. The van der Waals surface area contributed by atoms with E-state index in [0.29, 0.717) is 0 Å². The predicted molar refractivity (Wildman–Crippen MR) is 136 cm³/mol. The van der Waals surface area contributed by atoms with Crippen molar-refractivity contribution in [2.75, 3.05) is 0 Å². The molecule has 1 aromatic heterocycles. The van der Waals surface area contributed by atoms with Gasteiger partial charge in [0.05, 0.1) is 11.0 Å². The second-order valence-electron chi connectivity index (χ2n) is 7.97. The molecule has 0 bridgehead atoms. The normalized spacial score (nSPS) is 11.9. The molecule has 0 fully saturated rings. The highest BCUT2D eigenvalue weighted by Gasteiger charge is 2.32. The van der Waals surface area contributed by atoms with Crippen molar-refractivity contribution in [2.45, 2.75) is 0 Å². The zero-order valence-electron chi connectivity index (χ0n) is 17.3. The van der Waals surface area contributed by atoms with Gasteiger partial charge < -0.3 is 4.57 Å². The monoisotopic (exact) mass is 429 g/mol. The average molecular weight is 429 g/mol. The second kappa shape index (κ2) is 7.44. The number of fused-ring (bicyclic) bond motifs is 4. The van der Waals surface area contributed by atoms with Crippen molar-refractivity contribution >= 4 is 55.6 Å². The Balaban J connectivity index is 1.79. The summed E-state index contributed by atoms with van der Waals surface area (Å²) in [5, 5.41) is 6.63. The molecule has 1 heterocycles. The van der Waals surface area contributed by atoms with Crippen molar-refractivity contribution in [1.82, 2.24) is 4.98 Å². The van der Waals surface area contributed by atoms with Crippen LogP contribution < -0.4 is 15.9 Å². The Morgan fingerprint density at radius 2 is 1.09 bits per heavy atom. The van der Waals surface area contributed by atoms with Gasteiger partial charge in [-0.05, 0) is 23.6 Å². The van der Waals surface area contributed by atoms with Crippen molar-refractivity contribution in [1.29, 1.82) is 0 Å².